The van der Waals surface area contributed by atoms with Crippen LogP contribution in [0.1, 0.15) is 61.6 Å². The van der Waals surface area contributed by atoms with E-state index in [9.17, 15) is 9.59 Å². The minimum Gasteiger partial charge on any atom is -0.460 e. The molecule has 7 rings (SSSR count). The molecule has 1 amide bonds. The molecule has 0 saturated heterocycles. The van der Waals surface area contributed by atoms with E-state index in [1.54, 1.807) is 6.07 Å². The minimum atomic E-state index is -0.536. The Balaban J connectivity index is 1.15. The summed E-state index contributed by atoms with van der Waals surface area (Å²) >= 11 is 0. The smallest absolute Gasteiger partial charge is 0.339 e. The summed E-state index contributed by atoms with van der Waals surface area (Å²) in [5, 5.41) is 3.86. The van der Waals surface area contributed by atoms with Crippen LogP contribution in [0.4, 0.5) is 0 Å². The highest BCUT2D eigenvalue weighted by Crippen LogP contribution is 2.61. The number of nitrogens with zero attached hydrogens (tertiary/aromatic N) is 1. The molecule has 0 radical (unpaired) electrons. The van der Waals surface area contributed by atoms with Crippen LogP contribution in [0.5, 0.6) is 0 Å². The highest BCUT2D eigenvalue weighted by Gasteiger charge is 2.53. The number of carbonyl (C=O) groups excluding carboxylic acids is 2. The summed E-state index contributed by atoms with van der Waals surface area (Å²) in [5.74, 6) is 3.06. The van der Waals surface area contributed by atoms with Gasteiger partial charge in [-0.25, -0.2) is 9.78 Å². The van der Waals surface area contributed by atoms with Gasteiger partial charge in [-0.3, -0.25) is 4.79 Å². The van der Waals surface area contributed by atoms with Gasteiger partial charge in [0, 0.05) is 11.4 Å². The number of fused-ring (bicyclic) bond motifs is 1. The van der Waals surface area contributed by atoms with Gasteiger partial charge >= 0.3 is 5.97 Å². The maximum atomic E-state index is 13.1. The van der Waals surface area contributed by atoms with Crippen molar-refractivity contribution < 1.29 is 18.7 Å². The molecular formula is C29H32N2O4. The van der Waals surface area contributed by atoms with Gasteiger partial charge in [0.05, 0.1) is 11.1 Å². The second kappa shape index (κ2) is 8.51. The molecule has 4 aliphatic rings. The lowest BCUT2D eigenvalue weighted by Gasteiger charge is -2.59. The van der Waals surface area contributed by atoms with Crippen molar-refractivity contribution in [2.75, 3.05) is 6.61 Å². The summed E-state index contributed by atoms with van der Waals surface area (Å²) in [6.07, 6.45) is 7.78. The molecule has 4 bridgehead atoms. The number of ether oxygens (including phenoxy) is 1. The van der Waals surface area contributed by atoms with E-state index in [0.717, 1.165) is 23.5 Å². The highest BCUT2D eigenvalue weighted by atomic mass is 16.5. The molecular weight excluding hydrogens is 440 g/mol. The fourth-order valence-electron chi connectivity index (χ4n) is 7.40. The second-order valence-corrected chi connectivity index (χ2v) is 11.1. The van der Waals surface area contributed by atoms with Crippen molar-refractivity contribution in [1.29, 1.82) is 0 Å². The fourth-order valence-corrected chi connectivity index (χ4v) is 7.40. The largest absolute Gasteiger partial charge is 0.460 e. The molecule has 4 aliphatic carbocycles. The molecule has 6 heteroatoms. The van der Waals surface area contributed by atoms with Crippen LogP contribution in [0, 0.1) is 30.1 Å². The first-order valence-corrected chi connectivity index (χ1v) is 12.8. The lowest BCUT2D eigenvalue weighted by Crippen LogP contribution is -2.56. The van der Waals surface area contributed by atoms with Crippen LogP contribution in [-0.4, -0.2) is 29.5 Å². The molecule has 1 aromatic carbocycles. The average molecular weight is 473 g/mol. The first-order valence-electron chi connectivity index (χ1n) is 12.8. The molecule has 0 aliphatic heterocycles. The fraction of sp³-hybridized carbons (Fsp3) is 0.483. The van der Waals surface area contributed by atoms with Crippen LogP contribution in [0.3, 0.4) is 0 Å². The van der Waals surface area contributed by atoms with Gasteiger partial charge in [0.2, 0.25) is 0 Å². The van der Waals surface area contributed by atoms with Gasteiger partial charge in [0.1, 0.15) is 11.5 Å². The van der Waals surface area contributed by atoms with Crippen LogP contribution < -0.4 is 5.32 Å². The number of para-hydroxylation sites is 1. The van der Waals surface area contributed by atoms with Gasteiger partial charge in [-0.1, -0.05) is 18.2 Å². The zero-order chi connectivity index (χ0) is 24.2. The van der Waals surface area contributed by atoms with Crippen molar-refractivity contribution in [2.45, 2.75) is 58.4 Å². The van der Waals surface area contributed by atoms with Crippen LogP contribution in [0.2, 0.25) is 0 Å². The van der Waals surface area contributed by atoms with Crippen molar-refractivity contribution in [2.24, 2.45) is 23.2 Å². The molecule has 4 saturated carbocycles. The van der Waals surface area contributed by atoms with E-state index in [1.165, 1.54) is 38.5 Å². The zero-order valence-corrected chi connectivity index (χ0v) is 20.4. The normalized spacial score (nSPS) is 27.7. The maximum absolute atomic E-state index is 13.1. The van der Waals surface area contributed by atoms with E-state index in [0.29, 0.717) is 27.9 Å². The van der Waals surface area contributed by atoms with Crippen molar-refractivity contribution in [3.8, 4) is 11.5 Å². The summed E-state index contributed by atoms with van der Waals surface area (Å²) < 4.78 is 11.2. The molecule has 3 aromatic rings. The van der Waals surface area contributed by atoms with Crippen LogP contribution in [0.25, 0.3) is 22.4 Å². The molecule has 1 atom stereocenters. The van der Waals surface area contributed by atoms with Crippen LogP contribution >= 0.6 is 0 Å². The van der Waals surface area contributed by atoms with Gasteiger partial charge in [-0.05, 0) is 99.8 Å². The maximum Gasteiger partial charge on any atom is 0.339 e. The van der Waals surface area contributed by atoms with E-state index in [2.05, 4.69) is 17.2 Å². The molecule has 0 spiro atoms. The molecule has 182 valence electrons. The average Bonchev–Trinajstić information content (AvgIpc) is 3.27. The number of carbonyl (C=O) groups is 2. The number of aromatic nitrogens is 1. The third-order valence-electron chi connectivity index (χ3n) is 8.64. The second-order valence-electron chi connectivity index (χ2n) is 11.1. The molecule has 0 unspecified atom stereocenters. The number of esters is 1. The van der Waals surface area contributed by atoms with Gasteiger partial charge in [-0.15, -0.1) is 0 Å². The number of hydrogen-bond acceptors (Lipinski definition) is 5. The summed E-state index contributed by atoms with van der Waals surface area (Å²) in [4.78, 5) is 30.6. The lowest BCUT2D eigenvalue weighted by atomic mass is 9.48. The van der Waals surface area contributed by atoms with Crippen molar-refractivity contribution in [3.05, 3.63) is 53.8 Å². The predicted octanol–water partition coefficient (Wildman–Crippen LogP) is 5.68. The SMILES string of the molecule is Cc1ccc(-c2cc(C(=O)OCC(=O)N[C@@H](C)C34CC5CC(CC(C5)C3)C4)c3ccccc3n2)o1. The number of aryl methyl sites for hydroxylation is 1. The van der Waals surface area contributed by atoms with E-state index < -0.39 is 5.97 Å². The van der Waals surface area contributed by atoms with Gasteiger partial charge < -0.3 is 14.5 Å². The lowest BCUT2D eigenvalue weighted by molar-refractivity contribution is -0.128. The molecule has 35 heavy (non-hydrogen) atoms. The Kier molecular flexibility index (Phi) is 5.42. The molecule has 2 aromatic heterocycles. The van der Waals surface area contributed by atoms with Crippen LogP contribution in [-0.2, 0) is 9.53 Å². The first kappa shape index (κ1) is 22.3. The third-order valence-corrected chi connectivity index (χ3v) is 8.64. The quantitative estimate of drug-likeness (QED) is 0.467. The number of benzene rings is 1. The Bertz CT molecular complexity index is 1260. The number of hydrogen-bond donors (Lipinski definition) is 1. The topological polar surface area (TPSA) is 81.4 Å². The highest BCUT2D eigenvalue weighted by molar-refractivity contribution is 6.05. The zero-order valence-electron chi connectivity index (χ0n) is 20.4. The first-order chi connectivity index (χ1) is 16.9. The molecule has 4 fully saturated rings. The predicted molar refractivity (Wildman–Crippen MR) is 133 cm³/mol. The van der Waals surface area contributed by atoms with Crippen molar-refractivity contribution in [1.82, 2.24) is 10.3 Å². The number of rotatable bonds is 6. The summed E-state index contributed by atoms with van der Waals surface area (Å²) in [7, 11) is 0. The van der Waals surface area contributed by atoms with E-state index >= 15 is 0 Å². The number of amides is 1. The van der Waals surface area contributed by atoms with Gasteiger partial charge in [-0.2, -0.15) is 0 Å². The Morgan fingerprint density at radius 3 is 2.43 bits per heavy atom. The third kappa shape index (κ3) is 4.13. The Morgan fingerprint density at radius 1 is 1.09 bits per heavy atom. The Morgan fingerprint density at radius 2 is 1.77 bits per heavy atom. The molecule has 6 nitrogen and oxygen atoms in total. The van der Waals surface area contributed by atoms with E-state index in [4.69, 9.17) is 9.15 Å². The molecule has 1 N–H and O–H groups in total. The number of nitrogens with one attached hydrogen (secondary N) is 1. The van der Waals surface area contributed by atoms with E-state index in [1.807, 2.05) is 43.3 Å². The number of pyridine rings is 1. The van der Waals surface area contributed by atoms with Crippen molar-refractivity contribution in [3.63, 3.8) is 0 Å². The Hall–Kier alpha value is -3.15. The number of furan rings is 1. The van der Waals surface area contributed by atoms with Crippen molar-refractivity contribution >= 4 is 22.8 Å². The van der Waals surface area contributed by atoms with E-state index in [-0.39, 0.29) is 24.0 Å². The van der Waals surface area contributed by atoms with Gasteiger partial charge in [0.25, 0.3) is 5.91 Å². The monoisotopic (exact) mass is 472 g/mol. The molecule has 2 heterocycles. The Labute approximate surface area is 205 Å². The standard InChI is InChI=1S/C29H32N2O4/c1-17-7-8-26(35-17)25-12-23(22-5-3-4-6-24(22)31-25)28(33)34-16-27(32)30-18(2)29-13-19-9-20(14-29)11-21(10-19)15-29/h3-8,12,18-21H,9-11,13-16H2,1-2H3,(H,30,32)/t18-,19?,20?,21?,29?/m0/s1. The minimum absolute atomic E-state index is 0.0950. The van der Waals surface area contributed by atoms with Gasteiger partial charge in [0.15, 0.2) is 12.4 Å². The summed E-state index contributed by atoms with van der Waals surface area (Å²) in [6, 6.07) is 12.9. The van der Waals surface area contributed by atoms with Crippen LogP contribution in [0.15, 0.2) is 46.9 Å². The summed E-state index contributed by atoms with van der Waals surface area (Å²) in [5.41, 5.74) is 1.82. The summed E-state index contributed by atoms with van der Waals surface area (Å²) in [6.45, 7) is 3.71.